The highest BCUT2D eigenvalue weighted by molar-refractivity contribution is 7.80. The van der Waals surface area contributed by atoms with E-state index in [1.807, 2.05) is 12.1 Å². The van der Waals surface area contributed by atoms with E-state index < -0.39 is 12.6 Å². The quantitative estimate of drug-likeness (QED) is 0.435. The van der Waals surface area contributed by atoms with Crippen molar-refractivity contribution in [1.82, 2.24) is 5.43 Å². The van der Waals surface area contributed by atoms with Gasteiger partial charge < -0.3 is 24.7 Å². The van der Waals surface area contributed by atoms with Gasteiger partial charge in [-0.15, -0.1) is 0 Å². The number of carboxylic acid groups (broad SMARTS) is 1. The van der Waals surface area contributed by atoms with Gasteiger partial charge in [0, 0.05) is 11.3 Å². The van der Waals surface area contributed by atoms with Gasteiger partial charge >= 0.3 is 0 Å². The third-order valence-corrected chi connectivity index (χ3v) is 3.18. The molecule has 0 amide bonds. The zero-order valence-electron chi connectivity index (χ0n) is 13.4. The summed E-state index contributed by atoms with van der Waals surface area (Å²) >= 11 is 5.15. The standard InChI is InChI=1S/C17H17N3O4S/c1-23-14-8-6-13(7-9-14)19-17(25)20-18-10-12-4-2-3-5-15(12)24-11-16(21)22/h2-10H,11H2,1H3,(H,21,22)(H2,19,20,25)/p-1/b18-10-. The molecule has 2 rings (SSSR count). The van der Waals surface area contributed by atoms with Gasteiger partial charge in [-0.25, -0.2) is 0 Å². The van der Waals surface area contributed by atoms with Crippen molar-refractivity contribution in [3.8, 4) is 11.5 Å². The molecule has 0 aliphatic rings. The minimum Gasteiger partial charge on any atom is -0.546 e. The average molecular weight is 358 g/mol. The second kappa shape index (κ2) is 9.24. The fourth-order valence-corrected chi connectivity index (χ4v) is 2.02. The second-order valence-corrected chi connectivity index (χ2v) is 5.16. The number of carbonyl (C=O) groups excluding carboxylic acids is 1. The van der Waals surface area contributed by atoms with Gasteiger partial charge in [-0.05, 0) is 48.6 Å². The lowest BCUT2D eigenvalue weighted by molar-refractivity contribution is -0.307. The summed E-state index contributed by atoms with van der Waals surface area (Å²) in [6, 6.07) is 14.1. The van der Waals surface area contributed by atoms with E-state index in [-0.39, 0.29) is 0 Å². The van der Waals surface area contributed by atoms with Crippen LogP contribution < -0.4 is 25.3 Å². The van der Waals surface area contributed by atoms with Crippen molar-refractivity contribution in [3.63, 3.8) is 0 Å². The number of thiocarbonyl (C=S) groups is 1. The van der Waals surface area contributed by atoms with Gasteiger partial charge in [-0.2, -0.15) is 5.10 Å². The first-order valence-corrected chi connectivity index (χ1v) is 7.65. The lowest BCUT2D eigenvalue weighted by Gasteiger charge is -2.10. The number of carboxylic acids is 1. The number of ether oxygens (including phenoxy) is 2. The highest BCUT2D eigenvalue weighted by atomic mass is 32.1. The molecule has 0 heterocycles. The lowest BCUT2D eigenvalue weighted by Crippen LogP contribution is -2.29. The van der Waals surface area contributed by atoms with Gasteiger partial charge in [0.15, 0.2) is 5.11 Å². The van der Waals surface area contributed by atoms with Gasteiger partial charge in [0.25, 0.3) is 0 Å². The number of hydrazone groups is 1. The number of nitrogens with one attached hydrogen (secondary N) is 2. The zero-order chi connectivity index (χ0) is 18.1. The molecule has 0 bridgehead atoms. The minimum absolute atomic E-state index is 0.301. The van der Waals surface area contributed by atoms with E-state index in [2.05, 4.69) is 15.8 Å². The fourth-order valence-electron chi connectivity index (χ4n) is 1.85. The Balaban J connectivity index is 1.91. The predicted molar refractivity (Wildman–Crippen MR) is 96.9 cm³/mol. The zero-order valence-corrected chi connectivity index (χ0v) is 14.2. The number of carbonyl (C=O) groups is 1. The van der Waals surface area contributed by atoms with Crippen LogP contribution in [0.2, 0.25) is 0 Å². The third kappa shape index (κ3) is 6.11. The largest absolute Gasteiger partial charge is 0.546 e. The molecule has 2 aromatic carbocycles. The molecule has 0 unspecified atom stereocenters. The van der Waals surface area contributed by atoms with Crippen molar-refractivity contribution < 1.29 is 19.4 Å². The van der Waals surface area contributed by atoms with E-state index >= 15 is 0 Å². The van der Waals surface area contributed by atoms with Crippen LogP contribution in [0, 0.1) is 0 Å². The summed E-state index contributed by atoms with van der Waals surface area (Å²) in [4.78, 5) is 10.5. The Hall–Kier alpha value is -3.13. The molecule has 0 spiro atoms. The van der Waals surface area contributed by atoms with Crippen LogP contribution >= 0.6 is 12.2 Å². The molecule has 2 N–H and O–H groups in total. The van der Waals surface area contributed by atoms with E-state index in [0.717, 1.165) is 11.4 Å². The maximum absolute atomic E-state index is 10.5. The van der Waals surface area contributed by atoms with E-state index in [0.29, 0.717) is 16.4 Å². The van der Waals surface area contributed by atoms with Crippen LogP contribution in [0.15, 0.2) is 53.6 Å². The minimum atomic E-state index is -1.30. The van der Waals surface area contributed by atoms with Crippen molar-refractivity contribution in [1.29, 1.82) is 0 Å². The molecular weight excluding hydrogens is 342 g/mol. The molecule has 130 valence electrons. The second-order valence-electron chi connectivity index (χ2n) is 4.75. The van der Waals surface area contributed by atoms with E-state index in [4.69, 9.17) is 21.7 Å². The van der Waals surface area contributed by atoms with Crippen molar-refractivity contribution in [2.45, 2.75) is 0 Å². The Morgan fingerprint density at radius 2 is 1.96 bits per heavy atom. The van der Waals surface area contributed by atoms with E-state index in [1.54, 1.807) is 43.5 Å². The molecule has 0 fully saturated rings. The molecule has 0 aliphatic carbocycles. The van der Waals surface area contributed by atoms with E-state index in [1.165, 1.54) is 6.21 Å². The maximum atomic E-state index is 10.5. The first kappa shape index (κ1) is 18.2. The summed E-state index contributed by atoms with van der Waals surface area (Å²) in [5.74, 6) is -0.170. The SMILES string of the molecule is COc1ccc(NC(=S)N/N=C\c2ccccc2OCC(=O)[O-])cc1. The van der Waals surface area contributed by atoms with Crippen LogP contribution in [0.5, 0.6) is 11.5 Å². The van der Waals surface area contributed by atoms with Crippen LogP contribution in [0.4, 0.5) is 5.69 Å². The van der Waals surface area contributed by atoms with Gasteiger partial charge in [-0.3, -0.25) is 5.43 Å². The highest BCUT2D eigenvalue weighted by Gasteiger charge is 2.01. The Morgan fingerprint density at radius 3 is 2.64 bits per heavy atom. The van der Waals surface area contributed by atoms with Gasteiger partial charge in [0.1, 0.15) is 18.1 Å². The highest BCUT2D eigenvalue weighted by Crippen LogP contribution is 2.16. The van der Waals surface area contributed by atoms with Gasteiger partial charge in [-0.1, -0.05) is 12.1 Å². The Kier molecular flexibility index (Phi) is 6.73. The summed E-state index contributed by atoms with van der Waals surface area (Å²) in [6.45, 7) is -0.532. The Morgan fingerprint density at radius 1 is 1.24 bits per heavy atom. The molecule has 0 saturated carbocycles. The Bertz CT molecular complexity index is 763. The fraction of sp³-hybridized carbons (Fsp3) is 0.118. The summed E-state index contributed by atoms with van der Waals surface area (Å²) < 4.78 is 10.2. The molecular formula is C17H16N3O4S-. The van der Waals surface area contributed by atoms with Crippen molar-refractivity contribution >= 4 is 35.2 Å². The van der Waals surface area contributed by atoms with Crippen LogP contribution in [-0.4, -0.2) is 31.0 Å². The van der Waals surface area contributed by atoms with Crippen LogP contribution in [0.25, 0.3) is 0 Å². The lowest BCUT2D eigenvalue weighted by atomic mass is 10.2. The first-order valence-electron chi connectivity index (χ1n) is 7.24. The van der Waals surface area contributed by atoms with Crippen molar-refractivity contribution in [3.05, 3.63) is 54.1 Å². The van der Waals surface area contributed by atoms with E-state index in [9.17, 15) is 9.90 Å². The Labute approximate surface area is 150 Å². The molecule has 7 nitrogen and oxygen atoms in total. The molecule has 25 heavy (non-hydrogen) atoms. The van der Waals surface area contributed by atoms with Crippen molar-refractivity contribution in [2.24, 2.45) is 5.10 Å². The normalized spacial score (nSPS) is 10.3. The summed E-state index contributed by atoms with van der Waals surface area (Å²) in [5, 5.41) is 17.8. The molecule has 2 aromatic rings. The van der Waals surface area contributed by atoms with Crippen molar-refractivity contribution in [2.75, 3.05) is 19.0 Å². The van der Waals surface area contributed by atoms with Crippen LogP contribution in [0.3, 0.4) is 0 Å². The number of methoxy groups -OCH3 is 1. The molecule has 0 aliphatic heterocycles. The maximum Gasteiger partial charge on any atom is 0.191 e. The molecule has 0 saturated heterocycles. The number of para-hydroxylation sites is 1. The number of anilines is 1. The molecule has 0 aromatic heterocycles. The smallest absolute Gasteiger partial charge is 0.191 e. The number of hydrogen-bond donors (Lipinski definition) is 2. The number of aliphatic carboxylic acids is 1. The van der Waals surface area contributed by atoms with Crippen LogP contribution in [0.1, 0.15) is 5.56 Å². The molecule has 0 atom stereocenters. The summed E-state index contributed by atoms with van der Waals surface area (Å²) in [5.41, 5.74) is 4.06. The predicted octanol–water partition coefficient (Wildman–Crippen LogP) is 1.14. The third-order valence-electron chi connectivity index (χ3n) is 2.98. The van der Waals surface area contributed by atoms with Crippen LogP contribution in [-0.2, 0) is 4.79 Å². The number of rotatable bonds is 7. The average Bonchev–Trinajstić information content (AvgIpc) is 2.61. The topological polar surface area (TPSA) is 95.0 Å². The van der Waals surface area contributed by atoms with Gasteiger partial charge in [0.05, 0.1) is 19.3 Å². The number of nitrogens with zero attached hydrogens (tertiary/aromatic N) is 1. The first-order chi connectivity index (χ1) is 12.1. The number of hydrogen-bond acceptors (Lipinski definition) is 6. The molecule has 0 radical (unpaired) electrons. The number of benzene rings is 2. The summed E-state index contributed by atoms with van der Waals surface area (Å²) in [7, 11) is 1.60. The summed E-state index contributed by atoms with van der Waals surface area (Å²) in [6.07, 6.45) is 1.48. The molecule has 8 heteroatoms. The van der Waals surface area contributed by atoms with Gasteiger partial charge in [0.2, 0.25) is 0 Å². The monoisotopic (exact) mass is 358 g/mol.